The number of rotatable bonds is 3. The Morgan fingerprint density at radius 1 is 1.24 bits per heavy atom. The molecule has 2 aliphatic heterocycles. The lowest BCUT2D eigenvalue weighted by Crippen LogP contribution is -2.43. The van der Waals surface area contributed by atoms with Gasteiger partial charge in [0.25, 0.3) is 0 Å². The number of pyridine rings is 1. The van der Waals surface area contributed by atoms with Gasteiger partial charge in [-0.1, -0.05) is 6.07 Å². The van der Waals surface area contributed by atoms with Crippen LogP contribution in [0.4, 0.5) is 10.2 Å². The van der Waals surface area contributed by atoms with Crippen LogP contribution in [0.1, 0.15) is 38.3 Å². The van der Waals surface area contributed by atoms with Gasteiger partial charge < -0.3 is 14.9 Å². The summed E-state index contributed by atoms with van der Waals surface area (Å²) >= 11 is 0. The van der Waals surface area contributed by atoms with Gasteiger partial charge >= 0.3 is 5.76 Å². The van der Waals surface area contributed by atoms with E-state index in [9.17, 15) is 14.4 Å². The molecule has 0 saturated carbocycles. The second-order valence-corrected chi connectivity index (χ2v) is 8.85. The van der Waals surface area contributed by atoms with Crippen molar-refractivity contribution < 1.29 is 23.1 Å². The number of imide groups is 1. The molecule has 1 saturated heterocycles. The number of amides is 2. The number of fused-ring (bicyclic) bond motifs is 1. The number of hydrogen-bond donors (Lipinski definition) is 2. The van der Waals surface area contributed by atoms with Crippen LogP contribution >= 0.6 is 0 Å². The lowest BCUT2D eigenvalue weighted by Gasteiger charge is -2.20. The molecule has 2 amide bonds. The summed E-state index contributed by atoms with van der Waals surface area (Å²) in [5.74, 6) is -1.66. The van der Waals surface area contributed by atoms with Gasteiger partial charge in [-0.25, -0.2) is 14.2 Å². The van der Waals surface area contributed by atoms with E-state index in [1.165, 1.54) is 18.3 Å². The second kappa shape index (κ2) is 7.29. The van der Waals surface area contributed by atoms with Crippen molar-refractivity contribution in [2.45, 2.75) is 44.8 Å². The minimum Gasteiger partial charge on any atom is -0.483 e. The number of nitrogens with two attached hydrogens (primary N) is 1. The number of nitrogens with zero attached hydrogens (tertiary/aromatic N) is 2. The molecule has 4 heterocycles. The summed E-state index contributed by atoms with van der Waals surface area (Å²) < 4.78 is 27.2. The Bertz CT molecular complexity index is 1370. The van der Waals surface area contributed by atoms with E-state index in [-0.39, 0.29) is 35.6 Å². The molecule has 0 unspecified atom stereocenters. The Morgan fingerprint density at radius 2 is 2.03 bits per heavy atom. The molecular weight excluding hydrogens is 431 g/mol. The second-order valence-electron chi connectivity index (χ2n) is 8.85. The van der Waals surface area contributed by atoms with Crippen molar-refractivity contribution in [1.82, 2.24) is 14.9 Å². The third-order valence-electron chi connectivity index (χ3n) is 5.81. The predicted molar refractivity (Wildman–Crippen MR) is 116 cm³/mol. The Labute approximate surface area is 187 Å². The summed E-state index contributed by atoms with van der Waals surface area (Å²) in [6.45, 7) is 3.91. The molecular formula is C23H21FN4O5. The highest BCUT2D eigenvalue weighted by Crippen LogP contribution is 2.40. The first-order valence-electron chi connectivity index (χ1n) is 10.5. The van der Waals surface area contributed by atoms with E-state index in [1.807, 2.05) is 19.9 Å². The summed E-state index contributed by atoms with van der Waals surface area (Å²) in [5.41, 5.74) is 7.64. The smallest absolute Gasteiger partial charge is 0.420 e. The monoisotopic (exact) mass is 452 g/mol. The Morgan fingerprint density at radius 3 is 2.76 bits per heavy atom. The van der Waals surface area contributed by atoms with E-state index < -0.39 is 29.4 Å². The lowest BCUT2D eigenvalue weighted by atomic mass is 9.99. The maximum absolute atomic E-state index is 15.1. The summed E-state index contributed by atoms with van der Waals surface area (Å²) in [6, 6.07) is 5.35. The molecule has 0 aliphatic carbocycles. The molecule has 0 bridgehead atoms. The van der Waals surface area contributed by atoms with E-state index >= 15 is 4.39 Å². The number of carbonyl (C=O) groups is 2. The van der Waals surface area contributed by atoms with E-state index in [4.69, 9.17) is 14.9 Å². The molecule has 3 aromatic rings. The van der Waals surface area contributed by atoms with Gasteiger partial charge in [0.1, 0.15) is 17.5 Å². The van der Waals surface area contributed by atoms with Crippen molar-refractivity contribution in [2.24, 2.45) is 0 Å². The molecule has 1 fully saturated rings. The largest absolute Gasteiger partial charge is 0.483 e. The summed E-state index contributed by atoms with van der Waals surface area (Å²) in [4.78, 5) is 40.1. The highest BCUT2D eigenvalue weighted by atomic mass is 19.1. The van der Waals surface area contributed by atoms with Gasteiger partial charge in [-0.3, -0.25) is 19.5 Å². The SMILES string of the molecule is CC1(C)Cc2cc(-c3ccc(-c4cn([C@@H]5CCC(=O)NC5=O)c(=O)o4)c(F)c3)nc(N)c2O1. The van der Waals surface area contributed by atoms with Crippen LogP contribution in [0, 0.1) is 5.82 Å². The van der Waals surface area contributed by atoms with Crippen LogP contribution in [0.25, 0.3) is 22.6 Å². The topological polar surface area (TPSA) is 129 Å². The van der Waals surface area contributed by atoms with Crippen molar-refractivity contribution in [3.8, 4) is 28.3 Å². The zero-order chi connectivity index (χ0) is 23.5. The molecule has 33 heavy (non-hydrogen) atoms. The zero-order valence-corrected chi connectivity index (χ0v) is 18.0. The van der Waals surface area contributed by atoms with Gasteiger partial charge in [-0.2, -0.15) is 0 Å². The van der Waals surface area contributed by atoms with Gasteiger partial charge in [0, 0.05) is 24.0 Å². The number of piperidine rings is 1. The van der Waals surface area contributed by atoms with Crippen molar-refractivity contribution in [3.63, 3.8) is 0 Å². The van der Waals surface area contributed by atoms with Crippen LogP contribution < -0.4 is 21.5 Å². The Kier molecular flexibility index (Phi) is 4.62. The molecule has 10 heteroatoms. The molecule has 9 nitrogen and oxygen atoms in total. The van der Waals surface area contributed by atoms with Crippen LogP contribution in [0.3, 0.4) is 0 Å². The number of anilines is 1. The predicted octanol–water partition coefficient (Wildman–Crippen LogP) is 2.58. The van der Waals surface area contributed by atoms with Gasteiger partial charge in [0.15, 0.2) is 17.3 Å². The number of carbonyl (C=O) groups excluding carboxylic acids is 2. The molecule has 1 aromatic carbocycles. The van der Waals surface area contributed by atoms with Crippen molar-refractivity contribution in [1.29, 1.82) is 0 Å². The molecule has 2 aromatic heterocycles. The van der Waals surface area contributed by atoms with Crippen LogP contribution in [-0.2, 0) is 16.0 Å². The number of nitrogen functional groups attached to an aromatic ring is 1. The summed E-state index contributed by atoms with van der Waals surface area (Å²) in [5, 5.41) is 2.19. The van der Waals surface area contributed by atoms with E-state index in [2.05, 4.69) is 10.3 Å². The first-order valence-corrected chi connectivity index (χ1v) is 10.5. The first kappa shape index (κ1) is 20.9. The Hall–Kier alpha value is -3.95. The quantitative estimate of drug-likeness (QED) is 0.584. The van der Waals surface area contributed by atoms with Gasteiger partial charge in [0.05, 0.1) is 17.5 Å². The highest BCUT2D eigenvalue weighted by Gasteiger charge is 2.33. The average Bonchev–Trinajstić information content (AvgIpc) is 3.26. The van der Waals surface area contributed by atoms with Crippen LogP contribution in [-0.4, -0.2) is 27.0 Å². The Balaban J connectivity index is 1.47. The number of halogens is 1. The van der Waals surface area contributed by atoms with E-state index in [0.717, 1.165) is 10.1 Å². The number of hydrogen-bond acceptors (Lipinski definition) is 7. The molecule has 2 aliphatic rings. The number of aromatic nitrogens is 2. The van der Waals surface area contributed by atoms with Gasteiger partial charge in [-0.15, -0.1) is 0 Å². The van der Waals surface area contributed by atoms with E-state index in [0.29, 0.717) is 23.4 Å². The average molecular weight is 452 g/mol. The van der Waals surface area contributed by atoms with Crippen molar-refractivity contribution in [2.75, 3.05) is 5.73 Å². The van der Waals surface area contributed by atoms with Gasteiger partial charge in [-0.05, 0) is 38.5 Å². The lowest BCUT2D eigenvalue weighted by molar-refractivity contribution is -0.135. The minimum absolute atomic E-state index is 0.0228. The fourth-order valence-corrected chi connectivity index (χ4v) is 4.29. The third kappa shape index (κ3) is 3.67. The molecule has 1 atom stereocenters. The minimum atomic E-state index is -0.889. The number of oxazole rings is 1. The van der Waals surface area contributed by atoms with Crippen LogP contribution in [0.5, 0.6) is 5.75 Å². The first-order chi connectivity index (χ1) is 15.6. The number of ether oxygens (including phenoxy) is 1. The zero-order valence-electron chi connectivity index (χ0n) is 18.0. The highest BCUT2D eigenvalue weighted by molar-refractivity contribution is 5.99. The molecule has 170 valence electrons. The summed E-state index contributed by atoms with van der Waals surface area (Å²) in [6.07, 6.45) is 2.20. The summed E-state index contributed by atoms with van der Waals surface area (Å²) in [7, 11) is 0. The fourth-order valence-electron chi connectivity index (χ4n) is 4.29. The fraction of sp³-hybridized carbons (Fsp3) is 0.304. The standard InChI is InChI=1S/C23H21FN4O5/c1-23(2)9-12-8-15(26-20(25)19(12)33-23)11-3-4-13(14(24)7-11)17-10-28(22(31)32-17)16-5-6-18(29)27-21(16)30/h3-4,7-8,10,16H,5-6,9H2,1-2H3,(H2,25,26)(H,27,29,30)/t16-/m1/s1. The van der Waals surface area contributed by atoms with Crippen LogP contribution in [0.15, 0.2) is 39.7 Å². The number of nitrogens with one attached hydrogen (secondary N) is 1. The normalized spacial score (nSPS) is 19.2. The molecule has 0 radical (unpaired) electrons. The maximum Gasteiger partial charge on any atom is 0.420 e. The van der Waals surface area contributed by atoms with Crippen molar-refractivity contribution in [3.05, 3.63) is 52.4 Å². The maximum atomic E-state index is 15.1. The molecule has 5 rings (SSSR count). The molecule has 3 N–H and O–H groups in total. The molecule has 0 spiro atoms. The van der Waals surface area contributed by atoms with Crippen LogP contribution in [0.2, 0.25) is 0 Å². The third-order valence-corrected chi connectivity index (χ3v) is 5.81. The van der Waals surface area contributed by atoms with Gasteiger partial charge in [0.2, 0.25) is 11.8 Å². The number of benzene rings is 1. The van der Waals surface area contributed by atoms with E-state index in [1.54, 1.807) is 6.07 Å². The van der Waals surface area contributed by atoms with Crippen molar-refractivity contribution >= 4 is 17.6 Å².